The molecule has 0 saturated heterocycles. The molecule has 0 atom stereocenters. The molecule has 108 valence electrons. The Morgan fingerprint density at radius 2 is 2.00 bits per heavy atom. The van der Waals surface area contributed by atoms with Crippen molar-refractivity contribution in [1.29, 1.82) is 0 Å². The lowest BCUT2D eigenvalue weighted by Gasteiger charge is -2.27. The highest BCUT2D eigenvalue weighted by Crippen LogP contribution is 2.31. The van der Waals surface area contributed by atoms with Gasteiger partial charge >= 0.3 is 0 Å². The molecule has 0 spiro atoms. The van der Waals surface area contributed by atoms with Crippen LogP contribution in [0.2, 0.25) is 0 Å². The van der Waals surface area contributed by atoms with E-state index in [9.17, 15) is 8.42 Å². The number of thioether (sulfide) groups is 1. The molecule has 3 nitrogen and oxygen atoms in total. The van der Waals surface area contributed by atoms with E-state index < -0.39 is 10.0 Å². The zero-order valence-corrected chi connectivity index (χ0v) is 15.0. The van der Waals surface area contributed by atoms with Crippen LogP contribution in [-0.4, -0.2) is 26.0 Å². The van der Waals surface area contributed by atoms with Crippen LogP contribution in [0.5, 0.6) is 0 Å². The Hall–Kier alpha value is 0.440. The van der Waals surface area contributed by atoms with Gasteiger partial charge in [-0.3, -0.25) is 0 Å². The van der Waals surface area contributed by atoms with Gasteiger partial charge in [0.25, 0.3) is 0 Å². The van der Waals surface area contributed by atoms with Gasteiger partial charge in [0.1, 0.15) is 0 Å². The third-order valence-electron chi connectivity index (χ3n) is 3.46. The van der Waals surface area contributed by atoms with Gasteiger partial charge in [0.15, 0.2) is 0 Å². The number of rotatable bonds is 4. The molecule has 1 N–H and O–H groups in total. The summed E-state index contributed by atoms with van der Waals surface area (Å²) in [6, 6.07) is 1.78. The smallest absolute Gasteiger partial charge is 0.208 e. The summed E-state index contributed by atoms with van der Waals surface area (Å²) in [5, 5.41) is 0.692. The summed E-state index contributed by atoms with van der Waals surface area (Å²) in [5.74, 6) is 0. The van der Waals surface area contributed by atoms with Crippen molar-refractivity contribution in [3.8, 4) is 0 Å². The molecule has 0 bridgehead atoms. The van der Waals surface area contributed by atoms with E-state index in [1.165, 1.54) is 11.3 Å². The first-order chi connectivity index (χ1) is 8.92. The molecule has 1 fully saturated rings. The van der Waals surface area contributed by atoms with Crippen LogP contribution in [0.15, 0.2) is 14.7 Å². The highest BCUT2D eigenvalue weighted by Gasteiger charge is 2.27. The molecule has 0 radical (unpaired) electrons. The van der Waals surface area contributed by atoms with Crippen molar-refractivity contribution < 1.29 is 8.42 Å². The molecule has 1 aromatic rings. The van der Waals surface area contributed by atoms with Crippen LogP contribution in [0, 0.1) is 6.92 Å². The summed E-state index contributed by atoms with van der Waals surface area (Å²) in [7, 11) is -3.37. The van der Waals surface area contributed by atoms with E-state index in [0.717, 1.165) is 34.3 Å². The van der Waals surface area contributed by atoms with Gasteiger partial charge in [0.2, 0.25) is 10.0 Å². The van der Waals surface area contributed by atoms with Gasteiger partial charge in [-0.15, -0.1) is 11.3 Å². The summed E-state index contributed by atoms with van der Waals surface area (Å²) >= 11 is 6.68. The molecule has 1 saturated carbocycles. The van der Waals surface area contributed by atoms with Gasteiger partial charge in [-0.05, 0) is 60.9 Å². The monoisotopic (exact) mass is 383 g/mol. The summed E-state index contributed by atoms with van der Waals surface area (Å²) in [6.07, 6.45) is 6.20. The van der Waals surface area contributed by atoms with Crippen molar-refractivity contribution in [2.75, 3.05) is 6.26 Å². The molecule has 1 heterocycles. The average Bonchev–Trinajstić information content (AvgIpc) is 2.70. The van der Waals surface area contributed by atoms with Gasteiger partial charge < -0.3 is 0 Å². The van der Waals surface area contributed by atoms with Crippen molar-refractivity contribution in [3.05, 3.63) is 14.7 Å². The molecule has 1 aliphatic carbocycles. The number of nitrogens with one attached hydrogen (secondary N) is 1. The highest BCUT2D eigenvalue weighted by molar-refractivity contribution is 9.11. The minimum Gasteiger partial charge on any atom is -0.208 e. The van der Waals surface area contributed by atoms with Crippen LogP contribution in [0.25, 0.3) is 0 Å². The molecular weight excluding hydrogens is 366 g/mol. The molecule has 7 heteroatoms. The Labute approximate surface area is 131 Å². The van der Waals surface area contributed by atoms with Gasteiger partial charge in [0, 0.05) is 16.2 Å². The van der Waals surface area contributed by atoms with E-state index in [0.29, 0.717) is 10.1 Å². The Bertz CT molecular complexity index is 533. The predicted octanol–water partition coefficient (Wildman–Crippen LogP) is 3.77. The lowest BCUT2D eigenvalue weighted by molar-refractivity contribution is 0.420. The number of thiophene rings is 1. The standard InChI is InChI=1S/C12H18BrNO2S3/c1-8-11(7-12(13)18-8)19(15,16)14-9-3-5-10(17-2)6-4-9/h7,9-10,14H,3-6H2,1-2H3. The first kappa shape index (κ1) is 15.8. The highest BCUT2D eigenvalue weighted by atomic mass is 79.9. The minimum atomic E-state index is -3.37. The van der Waals surface area contributed by atoms with Crippen molar-refractivity contribution in [1.82, 2.24) is 4.72 Å². The summed E-state index contributed by atoms with van der Waals surface area (Å²) < 4.78 is 28.4. The molecule has 0 unspecified atom stereocenters. The summed E-state index contributed by atoms with van der Waals surface area (Å²) in [6.45, 7) is 1.84. The maximum atomic E-state index is 12.4. The zero-order chi connectivity index (χ0) is 14.0. The van der Waals surface area contributed by atoms with Crippen molar-refractivity contribution in [2.45, 2.75) is 48.8 Å². The Balaban J connectivity index is 2.04. The van der Waals surface area contributed by atoms with Crippen LogP contribution < -0.4 is 4.72 Å². The van der Waals surface area contributed by atoms with Crippen molar-refractivity contribution in [2.24, 2.45) is 0 Å². The van der Waals surface area contributed by atoms with E-state index >= 15 is 0 Å². The fraction of sp³-hybridized carbons (Fsp3) is 0.667. The SMILES string of the molecule is CSC1CCC(NS(=O)(=O)c2cc(Br)sc2C)CC1. The fourth-order valence-electron chi connectivity index (χ4n) is 2.40. The van der Waals surface area contributed by atoms with Crippen LogP contribution >= 0.6 is 39.0 Å². The summed E-state index contributed by atoms with van der Waals surface area (Å²) in [5.41, 5.74) is 0. The third kappa shape index (κ3) is 3.97. The maximum absolute atomic E-state index is 12.4. The third-order valence-corrected chi connectivity index (χ3v) is 7.93. The van der Waals surface area contributed by atoms with E-state index in [1.54, 1.807) is 6.07 Å². The van der Waals surface area contributed by atoms with Gasteiger partial charge in [-0.1, -0.05) is 0 Å². The predicted molar refractivity (Wildman–Crippen MR) is 86.6 cm³/mol. The average molecular weight is 384 g/mol. The molecule has 0 amide bonds. The second kappa shape index (κ2) is 6.47. The number of hydrogen-bond acceptors (Lipinski definition) is 4. The topological polar surface area (TPSA) is 46.2 Å². The zero-order valence-electron chi connectivity index (χ0n) is 11.0. The van der Waals surface area contributed by atoms with E-state index in [2.05, 4.69) is 26.9 Å². The molecule has 19 heavy (non-hydrogen) atoms. The minimum absolute atomic E-state index is 0.0893. The second-order valence-electron chi connectivity index (χ2n) is 4.80. The Morgan fingerprint density at radius 1 is 1.37 bits per heavy atom. The van der Waals surface area contributed by atoms with Crippen LogP contribution in [0.3, 0.4) is 0 Å². The number of aryl methyl sites for hydroxylation is 1. The number of hydrogen-bond donors (Lipinski definition) is 1. The van der Waals surface area contributed by atoms with E-state index in [1.807, 2.05) is 18.7 Å². The first-order valence-electron chi connectivity index (χ1n) is 6.23. The maximum Gasteiger partial charge on any atom is 0.241 e. The van der Waals surface area contributed by atoms with Gasteiger partial charge in [0.05, 0.1) is 8.68 Å². The fourth-order valence-corrected chi connectivity index (χ4v) is 6.86. The van der Waals surface area contributed by atoms with Gasteiger partial charge in [-0.25, -0.2) is 13.1 Å². The van der Waals surface area contributed by atoms with Crippen LogP contribution in [0.1, 0.15) is 30.6 Å². The Kier molecular flexibility index (Phi) is 5.39. The lowest BCUT2D eigenvalue weighted by Crippen LogP contribution is -2.38. The summed E-state index contributed by atoms with van der Waals surface area (Å²) in [4.78, 5) is 1.24. The first-order valence-corrected chi connectivity index (χ1v) is 10.6. The quantitative estimate of drug-likeness (QED) is 0.860. The molecule has 2 rings (SSSR count). The lowest BCUT2D eigenvalue weighted by atomic mass is 9.96. The number of sulfonamides is 1. The largest absolute Gasteiger partial charge is 0.241 e. The molecule has 0 aromatic carbocycles. The van der Waals surface area contributed by atoms with Crippen molar-refractivity contribution in [3.63, 3.8) is 0 Å². The van der Waals surface area contributed by atoms with Gasteiger partial charge in [-0.2, -0.15) is 11.8 Å². The normalized spacial score (nSPS) is 24.6. The second-order valence-corrected chi connectivity index (χ2v) is 10.3. The van der Waals surface area contributed by atoms with E-state index in [-0.39, 0.29) is 6.04 Å². The molecular formula is C12H18BrNO2S3. The van der Waals surface area contributed by atoms with Crippen LogP contribution in [0.4, 0.5) is 0 Å². The van der Waals surface area contributed by atoms with E-state index in [4.69, 9.17) is 0 Å². The van der Waals surface area contributed by atoms with Crippen LogP contribution in [-0.2, 0) is 10.0 Å². The molecule has 1 aliphatic rings. The Morgan fingerprint density at radius 3 is 2.47 bits per heavy atom. The molecule has 0 aliphatic heterocycles. The van der Waals surface area contributed by atoms with Crippen molar-refractivity contribution >= 4 is 49.1 Å². The molecule has 1 aromatic heterocycles. The number of halogens is 1.